The molecule has 0 saturated heterocycles. The Kier molecular flexibility index (Phi) is 4.24. The molecule has 0 aliphatic heterocycles. The van der Waals surface area contributed by atoms with Gasteiger partial charge in [0.25, 0.3) is 0 Å². The molecule has 0 amide bonds. The molecule has 3 aromatic rings. The number of hydrogen-bond acceptors (Lipinski definition) is 2. The maximum atomic E-state index is 5.67. The van der Waals surface area contributed by atoms with E-state index >= 15 is 0 Å². The largest absolute Gasteiger partial charge is 0.377 e. The van der Waals surface area contributed by atoms with Gasteiger partial charge in [-0.2, -0.15) is 12.6 Å². The van der Waals surface area contributed by atoms with E-state index in [1.807, 2.05) is 0 Å². The van der Waals surface area contributed by atoms with Crippen molar-refractivity contribution in [1.82, 2.24) is 0 Å². The monoisotopic (exact) mass is 282 g/mol. The molecule has 3 aromatic carbocycles. The topological polar surface area (TPSA) is 9.23 Å². The van der Waals surface area contributed by atoms with Gasteiger partial charge in [-0.15, -0.1) is 0 Å². The Morgan fingerprint density at radius 3 is 2.45 bits per heavy atom. The fourth-order valence-corrected chi connectivity index (χ4v) is 2.62. The highest BCUT2D eigenvalue weighted by atomic mass is 32.1. The molecule has 102 valence electrons. The number of thiol groups is 1. The first-order valence-electron chi connectivity index (χ1n) is 6.97. The third kappa shape index (κ3) is 2.82. The van der Waals surface area contributed by atoms with Gasteiger partial charge in [-0.25, -0.2) is 0 Å². The smallest absolute Gasteiger partial charge is 0.0717 e. The van der Waals surface area contributed by atoms with Gasteiger partial charge < -0.3 is 4.74 Å². The van der Waals surface area contributed by atoms with Crippen molar-refractivity contribution in [2.45, 2.75) is 13.0 Å². The zero-order valence-electron chi connectivity index (χ0n) is 11.4. The van der Waals surface area contributed by atoms with Crippen LogP contribution in [0.3, 0.4) is 0 Å². The van der Waals surface area contributed by atoms with E-state index in [-0.39, 0.29) is 0 Å². The minimum atomic E-state index is 0.674. The molecule has 0 unspecified atom stereocenters. The Morgan fingerprint density at radius 1 is 0.850 bits per heavy atom. The number of benzene rings is 3. The van der Waals surface area contributed by atoms with Gasteiger partial charge in [-0.05, 0) is 45.3 Å². The maximum absolute atomic E-state index is 5.67. The Morgan fingerprint density at radius 2 is 1.60 bits per heavy atom. The Bertz CT molecular complexity index is 721. The first-order valence-corrected chi connectivity index (χ1v) is 7.61. The molecule has 0 radical (unpaired) electrons. The lowest BCUT2D eigenvalue weighted by Gasteiger charge is -2.07. The lowest BCUT2D eigenvalue weighted by molar-refractivity contribution is 0.122. The van der Waals surface area contributed by atoms with Crippen LogP contribution in [0, 0.1) is 0 Å². The molecule has 20 heavy (non-hydrogen) atoms. The van der Waals surface area contributed by atoms with E-state index in [9.17, 15) is 0 Å². The molecule has 0 saturated carbocycles. The van der Waals surface area contributed by atoms with Crippen LogP contribution in [0.2, 0.25) is 0 Å². The minimum absolute atomic E-state index is 0.674. The highest BCUT2D eigenvalue weighted by Gasteiger charge is 2.02. The predicted molar refractivity (Wildman–Crippen MR) is 89.6 cm³/mol. The van der Waals surface area contributed by atoms with Crippen LogP contribution in [-0.2, 0) is 11.3 Å². The van der Waals surface area contributed by atoms with Crippen molar-refractivity contribution >= 4 is 34.2 Å². The summed E-state index contributed by atoms with van der Waals surface area (Å²) in [5, 5.41) is 5.18. The van der Waals surface area contributed by atoms with Gasteiger partial charge >= 0.3 is 0 Å². The number of ether oxygens (including phenoxy) is 1. The summed E-state index contributed by atoms with van der Waals surface area (Å²) in [7, 11) is 0. The second kappa shape index (κ2) is 6.29. The number of fused-ring (bicyclic) bond motifs is 3. The summed E-state index contributed by atoms with van der Waals surface area (Å²) in [6.45, 7) is 1.45. The maximum Gasteiger partial charge on any atom is 0.0717 e. The summed E-state index contributed by atoms with van der Waals surface area (Å²) in [4.78, 5) is 0. The van der Waals surface area contributed by atoms with Gasteiger partial charge in [0.1, 0.15) is 0 Å². The minimum Gasteiger partial charge on any atom is -0.377 e. The van der Waals surface area contributed by atoms with Crippen LogP contribution >= 0.6 is 12.6 Å². The quantitative estimate of drug-likeness (QED) is 0.400. The average molecular weight is 282 g/mol. The van der Waals surface area contributed by atoms with Crippen LogP contribution in [0.25, 0.3) is 21.5 Å². The molecule has 0 aromatic heterocycles. The van der Waals surface area contributed by atoms with Gasteiger partial charge in [0, 0.05) is 6.61 Å². The van der Waals surface area contributed by atoms with Crippen LogP contribution in [0.15, 0.2) is 54.6 Å². The Labute approximate surface area is 125 Å². The Balaban J connectivity index is 1.94. The van der Waals surface area contributed by atoms with E-state index in [2.05, 4.69) is 67.2 Å². The van der Waals surface area contributed by atoms with Crippen molar-refractivity contribution < 1.29 is 4.74 Å². The fraction of sp³-hybridized carbons (Fsp3) is 0.222. The third-order valence-corrected chi connectivity index (χ3v) is 3.84. The summed E-state index contributed by atoms with van der Waals surface area (Å²) in [5.41, 5.74) is 1.23. The predicted octanol–water partition coefficient (Wildman–Crippen LogP) is 4.83. The van der Waals surface area contributed by atoms with Crippen molar-refractivity contribution in [3.05, 3.63) is 60.2 Å². The molecule has 0 aliphatic carbocycles. The van der Waals surface area contributed by atoms with Crippen LogP contribution in [0.4, 0.5) is 0 Å². The first-order chi connectivity index (χ1) is 9.88. The highest BCUT2D eigenvalue weighted by Crippen LogP contribution is 2.26. The van der Waals surface area contributed by atoms with Gasteiger partial charge in [-0.3, -0.25) is 0 Å². The van der Waals surface area contributed by atoms with E-state index in [1.165, 1.54) is 27.1 Å². The normalized spacial score (nSPS) is 11.2. The molecule has 0 fully saturated rings. The molecule has 3 rings (SSSR count). The number of hydrogen-bond donors (Lipinski definition) is 1. The third-order valence-electron chi connectivity index (χ3n) is 3.53. The highest BCUT2D eigenvalue weighted by molar-refractivity contribution is 7.80. The first kappa shape index (κ1) is 13.5. The Hall–Kier alpha value is -1.51. The molecular weight excluding hydrogens is 264 g/mol. The van der Waals surface area contributed by atoms with Gasteiger partial charge in [0.2, 0.25) is 0 Å². The van der Waals surface area contributed by atoms with Crippen molar-refractivity contribution in [2.75, 3.05) is 12.4 Å². The van der Waals surface area contributed by atoms with Gasteiger partial charge in [-0.1, -0.05) is 48.5 Å². The average Bonchev–Trinajstić information content (AvgIpc) is 2.51. The summed E-state index contributed by atoms with van der Waals surface area (Å²) in [6.07, 6.45) is 1.000. The van der Waals surface area contributed by atoms with Crippen molar-refractivity contribution in [1.29, 1.82) is 0 Å². The zero-order chi connectivity index (χ0) is 13.8. The lowest BCUT2D eigenvalue weighted by atomic mass is 10.0. The second-order valence-corrected chi connectivity index (χ2v) is 5.42. The van der Waals surface area contributed by atoms with Crippen LogP contribution < -0.4 is 0 Å². The standard InChI is InChI=1S/C18H18OS/c20-11-3-10-19-13-14-6-7-16-9-8-15-4-1-2-5-17(15)18(16)12-14/h1-2,4-9,12,20H,3,10-11,13H2. The zero-order valence-corrected chi connectivity index (χ0v) is 12.3. The summed E-state index contributed by atoms with van der Waals surface area (Å²) >= 11 is 4.19. The molecule has 0 spiro atoms. The molecule has 2 heteroatoms. The van der Waals surface area contributed by atoms with Crippen LogP contribution in [0.1, 0.15) is 12.0 Å². The van der Waals surface area contributed by atoms with Crippen LogP contribution in [0.5, 0.6) is 0 Å². The molecule has 0 aliphatic rings. The molecule has 0 heterocycles. The molecule has 0 atom stereocenters. The van der Waals surface area contributed by atoms with Crippen molar-refractivity contribution in [3.8, 4) is 0 Å². The lowest BCUT2D eigenvalue weighted by Crippen LogP contribution is -1.96. The van der Waals surface area contributed by atoms with E-state index in [0.29, 0.717) is 6.61 Å². The summed E-state index contributed by atoms with van der Waals surface area (Å²) in [6, 6.07) is 19.5. The molecule has 1 nitrogen and oxygen atoms in total. The fourth-order valence-electron chi connectivity index (χ4n) is 2.50. The van der Waals surface area contributed by atoms with E-state index in [4.69, 9.17) is 4.74 Å². The van der Waals surface area contributed by atoms with Crippen molar-refractivity contribution in [2.24, 2.45) is 0 Å². The van der Waals surface area contributed by atoms with E-state index < -0.39 is 0 Å². The number of rotatable bonds is 5. The van der Waals surface area contributed by atoms with Crippen LogP contribution in [-0.4, -0.2) is 12.4 Å². The van der Waals surface area contributed by atoms with Gasteiger partial charge in [0.15, 0.2) is 0 Å². The summed E-state index contributed by atoms with van der Waals surface area (Å²) < 4.78 is 5.67. The van der Waals surface area contributed by atoms with E-state index in [0.717, 1.165) is 18.8 Å². The molecule has 0 bridgehead atoms. The summed E-state index contributed by atoms with van der Waals surface area (Å²) in [5.74, 6) is 0.877. The SMILES string of the molecule is SCCCOCc1ccc2ccc3ccccc3c2c1. The van der Waals surface area contributed by atoms with Crippen molar-refractivity contribution in [3.63, 3.8) is 0 Å². The van der Waals surface area contributed by atoms with Gasteiger partial charge in [0.05, 0.1) is 6.61 Å². The van der Waals surface area contributed by atoms with E-state index in [1.54, 1.807) is 0 Å². The second-order valence-electron chi connectivity index (χ2n) is 4.97. The molecule has 0 N–H and O–H groups in total. The molecular formula is C18H18OS.